The summed E-state index contributed by atoms with van der Waals surface area (Å²) in [7, 11) is 0. The van der Waals surface area contributed by atoms with E-state index in [1.807, 2.05) is 86.6 Å². The van der Waals surface area contributed by atoms with E-state index in [2.05, 4.69) is 0 Å². The third-order valence-electron chi connectivity index (χ3n) is 17.4. The van der Waals surface area contributed by atoms with Gasteiger partial charge in [-0.2, -0.15) is 0 Å². The van der Waals surface area contributed by atoms with Crippen molar-refractivity contribution >= 4 is 23.9 Å². The molecule has 2 aromatic rings. The number of allylic oxidation sites excluding steroid dienone is 12. The summed E-state index contributed by atoms with van der Waals surface area (Å²) >= 11 is 0. The molecule has 19 atom stereocenters. The van der Waals surface area contributed by atoms with Crippen LogP contribution in [0.2, 0.25) is 0 Å². The summed E-state index contributed by atoms with van der Waals surface area (Å²) in [6.07, 6.45) is 3.46. The molecule has 0 amide bonds. The molecule has 553 valence electrons. The molecule has 0 spiro atoms. The summed E-state index contributed by atoms with van der Waals surface area (Å²) in [5.41, 5.74) is 8.91. The third kappa shape index (κ3) is 28.2. The molecule has 3 aliphatic heterocycles. The maximum Gasteiger partial charge on any atom is 2.00 e. The van der Waals surface area contributed by atoms with Crippen LogP contribution in [0.1, 0.15) is 201 Å². The molecule has 24 nitrogen and oxygen atoms in total. The van der Waals surface area contributed by atoms with Gasteiger partial charge < -0.3 is 111 Å². The quantitative estimate of drug-likeness (QED) is 0.119. The Morgan fingerprint density at radius 2 is 1.04 bits per heavy atom. The first-order valence-corrected chi connectivity index (χ1v) is 33.2. The van der Waals surface area contributed by atoms with Crippen LogP contribution in [0, 0.1) is 17.8 Å². The molecule has 0 saturated carbocycles. The number of aliphatic carboxylic acids is 1. The van der Waals surface area contributed by atoms with E-state index in [0.29, 0.717) is 11.1 Å². The van der Waals surface area contributed by atoms with Crippen LogP contribution in [0.5, 0.6) is 11.5 Å². The van der Waals surface area contributed by atoms with Gasteiger partial charge in [0.1, 0.15) is 29.6 Å². The fourth-order valence-electron chi connectivity index (χ4n) is 11.2. The number of hydrogen-bond acceptors (Lipinski definition) is 23. The van der Waals surface area contributed by atoms with E-state index in [1.165, 1.54) is 25.1 Å². The van der Waals surface area contributed by atoms with E-state index < -0.39 is 159 Å². The smallest absolute Gasteiger partial charge is 0.545 e. The number of carbonyl (C=O) groups excluding carboxylic acids is 3. The average molecular weight is 1430 g/mol. The summed E-state index contributed by atoms with van der Waals surface area (Å²) in [5.74, 6) is -9.23. The van der Waals surface area contributed by atoms with Gasteiger partial charge in [0.05, 0.1) is 91.5 Å². The van der Waals surface area contributed by atoms with Crippen LogP contribution in [0.4, 0.5) is 0 Å². The van der Waals surface area contributed by atoms with Crippen molar-refractivity contribution in [3.8, 4) is 11.5 Å². The van der Waals surface area contributed by atoms with Crippen LogP contribution in [0.25, 0.3) is 0 Å². The van der Waals surface area contributed by atoms with Gasteiger partial charge in [0, 0.05) is 48.6 Å². The fraction of sp³-hybridized carbons (Fsp3) is 0.589. The molecule has 98 heavy (non-hydrogen) atoms. The van der Waals surface area contributed by atoms with Crippen molar-refractivity contribution < 1.29 is 132 Å². The zero-order valence-electron chi connectivity index (χ0n) is 58.0. The van der Waals surface area contributed by atoms with Crippen molar-refractivity contribution in [3.63, 3.8) is 0 Å². The van der Waals surface area contributed by atoms with E-state index in [0.717, 1.165) is 11.1 Å². The summed E-state index contributed by atoms with van der Waals surface area (Å²) in [6.45, 7) is 22.3. The van der Waals surface area contributed by atoms with Crippen LogP contribution in [-0.2, 0) is 45.6 Å². The van der Waals surface area contributed by atoms with Crippen molar-refractivity contribution in [2.45, 2.75) is 256 Å². The molecule has 3 heterocycles. The van der Waals surface area contributed by atoms with Gasteiger partial charge in [-0.05, 0) is 91.2 Å². The van der Waals surface area contributed by atoms with Gasteiger partial charge in [-0.3, -0.25) is 9.59 Å². The number of rotatable bonds is 9. The third-order valence-corrected chi connectivity index (χ3v) is 17.4. The molecule has 15 N–H and O–H groups in total. The number of hydrogen-bond donors (Lipinski definition) is 14. The Morgan fingerprint density at radius 3 is 1.49 bits per heavy atom. The summed E-state index contributed by atoms with van der Waals surface area (Å²) < 4.78 is 23.1. The van der Waals surface area contributed by atoms with Gasteiger partial charge in [0.2, 0.25) is 0 Å². The van der Waals surface area contributed by atoms with E-state index >= 15 is 0 Å². The van der Waals surface area contributed by atoms with Crippen LogP contribution in [-0.4, -0.2) is 188 Å². The first-order valence-electron chi connectivity index (χ1n) is 33.2. The second kappa shape index (κ2) is 42.3. The number of cyclic esters (lactones) is 1. The number of benzene rings is 2. The van der Waals surface area contributed by atoms with Gasteiger partial charge in [-0.25, -0.2) is 0 Å². The minimum atomic E-state index is -2.33. The Hall–Kier alpha value is -5.94. The van der Waals surface area contributed by atoms with Crippen molar-refractivity contribution in [2.75, 3.05) is 0 Å². The first kappa shape index (κ1) is 88.1. The van der Waals surface area contributed by atoms with Crippen LogP contribution in [0.15, 0.2) is 109 Å². The molecule has 3 aliphatic rings. The topological polar surface area (TPSA) is 440 Å². The second-order valence-corrected chi connectivity index (χ2v) is 26.8. The predicted molar refractivity (Wildman–Crippen MR) is 358 cm³/mol. The standard InChI is InChI=1S/C47H73NO17.2C13H18O3.Cu/c1-27-17-15-13-11-9-7-5-6-8-10-12-14-16-18-34(64-46-44(58)41(48)43(57)30(4)63-46)24-38-40(45(59)60)37(54)26-47(61,65-38)25-33(51)22-36(53)35(52)20-19-31(49)21-32(50)23-39(55)62-29(3)28(2)42(27)56;2*1-7(2)9-5-10(8(3)4)12(14)11(6-9)13(15)16;/h5-18,27-38,40-44,46,49-54,56-58,61H,19-26,48H2,1-4H3,(H,59,60);2*5-8,14H,1-4H3,(H,15,16);/q;;;+2/p-2/b6-5+,9-7+,10-8+,13-11+,14-12+,17-15+,18-16+;;;/t27?,28?,29?,30?,31-,32-,33+,34+,35-,36-,37?,38+,40-,41?,42-,43?,44?,46?,47-;;;/m1.../s1. The number of phenols is 2. The van der Waals surface area contributed by atoms with Crippen molar-refractivity contribution in [2.24, 2.45) is 23.5 Å². The number of aromatic hydroxyl groups is 2. The van der Waals surface area contributed by atoms with Crippen LogP contribution >= 0.6 is 0 Å². The normalized spacial score (nSPS) is 33.8. The SMILES string of the molecule is CC(C)c1cc(C(=O)[O-])c(O)c(C(C)C)c1.CC(C)c1cc(C(=O)[O-])c(O)c(C(C)C)c1.CC1OC(O[C@H]2/C=C/C=C/C=C/C=C/C=C/C=C/C=C/C(C)[C@@H](O)C(C)C(C)OC(=O)C[C@H](O)C[C@H](O)CC[C@@H](O)[C@H](O)C[C@H](O)C[C@]3(O)CC(O)[C@@H](C(=O)O)[C@H](C2)O3)C(O)C(N)C1O.[Cu+2]. The van der Waals surface area contributed by atoms with Crippen molar-refractivity contribution in [3.05, 3.63) is 143 Å². The van der Waals surface area contributed by atoms with Crippen LogP contribution < -0.4 is 15.9 Å². The van der Waals surface area contributed by atoms with Gasteiger partial charge in [0.25, 0.3) is 0 Å². The maximum absolute atomic E-state index is 12.6. The Morgan fingerprint density at radius 1 is 0.571 bits per heavy atom. The Balaban J connectivity index is 0.000000799. The Bertz CT molecular complexity index is 2950. The molecule has 2 saturated heterocycles. The van der Waals surface area contributed by atoms with Gasteiger partial charge in [0.15, 0.2) is 12.1 Å². The number of carbonyl (C=O) groups is 4. The molecule has 2 fully saturated rings. The number of ether oxygens (including phenoxy) is 4. The Kier molecular flexibility index (Phi) is 38.1. The summed E-state index contributed by atoms with van der Waals surface area (Å²) in [4.78, 5) is 46.9. The fourth-order valence-corrected chi connectivity index (χ4v) is 11.2. The van der Waals surface area contributed by atoms with Gasteiger partial charge >= 0.3 is 29.0 Å². The molecular formula is C73H107CuNO23. The Labute approximate surface area is 586 Å². The molecule has 0 aliphatic carbocycles. The number of carboxylic acid groups (broad SMARTS) is 3. The van der Waals surface area contributed by atoms with Crippen molar-refractivity contribution in [1.29, 1.82) is 0 Å². The van der Waals surface area contributed by atoms with Gasteiger partial charge in [-0.1, -0.05) is 166 Å². The van der Waals surface area contributed by atoms with Crippen molar-refractivity contribution in [1.82, 2.24) is 0 Å². The first-order chi connectivity index (χ1) is 45.3. The number of carboxylic acids is 3. The summed E-state index contributed by atoms with van der Waals surface area (Å²) in [5, 5.41) is 160. The number of aromatic carboxylic acids is 2. The zero-order chi connectivity index (χ0) is 73.3. The molecule has 2 aromatic carbocycles. The van der Waals surface area contributed by atoms with E-state index in [4.69, 9.17) is 24.7 Å². The zero-order valence-corrected chi connectivity index (χ0v) is 59.0. The molecule has 0 aromatic heterocycles. The maximum atomic E-state index is 12.6. The number of esters is 1. The molecule has 9 unspecified atom stereocenters. The average Bonchev–Trinajstić information content (AvgIpc) is 0.794. The van der Waals surface area contributed by atoms with E-state index in [9.17, 15) is 95.8 Å². The monoisotopic (exact) mass is 1430 g/mol. The van der Waals surface area contributed by atoms with Crippen LogP contribution in [0.3, 0.4) is 0 Å². The minimum Gasteiger partial charge on any atom is -0.545 e. The van der Waals surface area contributed by atoms with E-state index in [1.54, 1.807) is 80.7 Å². The second-order valence-electron chi connectivity index (χ2n) is 26.8. The minimum absolute atomic E-state index is 0. The molecule has 5 rings (SSSR count). The number of nitrogens with two attached hydrogens (primary N) is 1. The number of fused-ring (bicyclic) bond motifs is 2. The van der Waals surface area contributed by atoms with Gasteiger partial charge in [-0.15, -0.1) is 0 Å². The largest absolute Gasteiger partial charge is 2.00 e. The summed E-state index contributed by atoms with van der Waals surface area (Å²) in [6, 6.07) is 5.54. The molecule has 1 radical (unpaired) electrons. The number of aliphatic hydroxyl groups is 10. The molecule has 2 bridgehead atoms. The number of aliphatic hydroxyl groups excluding tert-OH is 9. The molecule has 25 heteroatoms. The molecular weight excluding hydrogens is 1320 g/mol. The van der Waals surface area contributed by atoms with E-state index in [-0.39, 0.29) is 95.0 Å². The predicted octanol–water partition coefficient (Wildman–Crippen LogP) is 4.71.